The summed E-state index contributed by atoms with van der Waals surface area (Å²) in [6, 6.07) is 46.2. The summed E-state index contributed by atoms with van der Waals surface area (Å²) < 4.78 is 33.0. The Kier molecular flexibility index (Phi) is 10.8. The second-order valence-corrected chi connectivity index (χ2v) is 32.9. The van der Waals surface area contributed by atoms with Gasteiger partial charge in [0.25, 0.3) is 0 Å². The fourth-order valence-corrected chi connectivity index (χ4v) is 11.6. The minimum Gasteiger partial charge on any atom is 0 e. The smallest absolute Gasteiger partial charge is 0 e. The summed E-state index contributed by atoms with van der Waals surface area (Å²) in [5.74, 6) is 7.49. The second kappa shape index (κ2) is 16.6. The maximum atomic E-state index is 7.99. The molecule has 0 fully saturated rings. The Morgan fingerprint density at radius 2 is 1.46 bits per heavy atom. The fraction of sp³-hybridized carbons (Fsp3) is 0.196. The molecule has 5 nitrogen and oxygen atoms in total. The van der Waals surface area contributed by atoms with E-state index in [9.17, 15) is 0 Å². The Morgan fingerprint density at radius 3 is 2.17 bits per heavy atom. The Hall–Kier alpha value is -4.92. The molecular formula is C51H50GeIrN4OSi-2. The molecule has 9 rings (SSSR count). The third-order valence-electron chi connectivity index (χ3n) is 10.7. The van der Waals surface area contributed by atoms with Crippen molar-refractivity contribution in [2.75, 3.05) is 0 Å². The van der Waals surface area contributed by atoms with E-state index in [-0.39, 0.29) is 20.1 Å². The third-order valence-corrected chi connectivity index (χ3v) is 17.0. The molecule has 0 aliphatic rings. The molecule has 8 heteroatoms. The van der Waals surface area contributed by atoms with Crippen LogP contribution in [0.25, 0.3) is 72.6 Å². The van der Waals surface area contributed by atoms with Crippen LogP contribution in [0.3, 0.4) is 0 Å². The van der Waals surface area contributed by atoms with Crippen LogP contribution in [-0.2, 0) is 20.1 Å². The molecule has 59 heavy (non-hydrogen) atoms. The number of fused-ring (bicyclic) bond motifs is 4. The van der Waals surface area contributed by atoms with Crippen LogP contribution in [-0.4, -0.2) is 40.9 Å². The molecule has 0 aliphatic heterocycles. The normalized spacial score (nSPS) is 12.7. The molecule has 9 aromatic rings. The number of para-hydroxylation sites is 2. The van der Waals surface area contributed by atoms with E-state index in [0.29, 0.717) is 22.6 Å². The second-order valence-electron chi connectivity index (χ2n) is 17.2. The Morgan fingerprint density at radius 1 is 0.729 bits per heavy atom. The van der Waals surface area contributed by atoms with E-state index >= 15 is 0 Å². The van der Waals surface area contributed by atoms with E-state index in [1.807, 2.05) is 25.1 Å². The number of rotatable bonds is 6. The van der Waals surface area contributed by atoms with Gasteiger partial charge in [-0.05, 0) is 60.4 Å². The van der Waals surface area contributed by atoms with Gasteiger partial charge in [0, 0.05) is 25.8 Å². The predicted octanol–water partition coefficient (Wildman–Crippen LogP) is 12.3. The number of hydrogen-bond acceptors (Lipinski definition) is 4. The molecule has 0 N–H and O–H groups in total. The van der Waals surface area contributed by atoms with Crippen LogP contribution in [0.2, 0.25) is 36.9 Å². The summed E-state index contributed by atoms with van der Waals surface area (Å²) in [5, 5.41) is 3.27. The summed E-state index contributed by atoms with van der Waals surface area (Å²) in [7, 11) is -1.46. The van der Waals surface area contributed by atoms with Crippen molar-refractivity contribution < 1.29 is 28.6 Å². The molecule has 299 valence electrons. The summed E-state index contributed by atoms with van der Waals surface area (Å²) in [6.07, 6.45) is 1.76. The summed E-state index contributed by atoms with van der Waals surface area (Å²) >= 11 is -2.38. The van der Waals surface area contributed by atoms with Crippen molar-refractivity contribution in [1.82, 2.24) is 19.5 Å². The Labute approximate surface area is 369 Å². The maximum Gasteiger partial charge on any atom is 0 e. The Balaban J connectivity index is 0.000000186. The van der Waals surface area contributed by atoms with Crippen LogP contribution in [0.5, 0.6) is 0 Å². The molecular weight excluding hydrogens is 978 g/mol. The van der Waals surface area contributed by atoms with Crippen LogP contribution >= 0.6 is 0 Å². The molecule has 0 saturated heterocycles. The van der Waals surface area contributed by atoms with Gasteiger partial charge in [0.15, 0.2) is 0 Å². The van der Waals surface area contributed by atoms with Crippen LogP contribution < -0.4 is 9.58 Å². The summed E-state index contributed by atoms with van der Waals surface area (Å²) in [4.78, 5) is 14.1. The molecule has 0 saturated carbocycles. The zero-order valence-corrected chi connectivity index (χ0v) is 40.6. The summed E-state index contributed by atoms with van der Waals surface area (Å²) in [5.41, 5.74) is 13.3. The van der Waals surface area contributed by atoms with Crippen LogP contribution in [0.4, 0.5) is 0 Å². The van der Waals surface area contributed by atoms with Gasteiger partial charge < -0.3 is 4.57 Å². The Bertz CT molecular complexity index is 3070. The minimum absolute atomic E-state index is 0. The zero-order valence-electron chi connectivity index (χ0n) is 38.1. The third kappa shape index (κ3) is 8.58. The van der Waals surface area contributed by atoms with Crippen molar-refractivity contribution >= 4 is 64.0 Å². The summed E-state index contributed by atoms with van der Waals surface area (Å²) in [6.45, 7) is 11.3. The van der Waals surface area contributed by atoms with Crippen molar-refractivity contribution in [1.29, 1.82) is 0 Å². The molecule has 5 aromatic carbocycles. The minimum atomic E-state index is -2.38. The van der Waals surface area contributed by atoms with Crippen molar-refractivity contribution in [3.05, 3.63) is 156 Å². The van der Waals surface area contributed by atoms with Gasteiger partial charge >= 0.3 is 154 Å². The molecule has 0 bridgehead atoms. The van der Waals surface area contributed by atoms with E-state index in [1.54, 1.807) is 18.3 Å². The van der Waals surface area contributed by atoms with Crippen LogP contribution in [0, 0.1) is 39.8 Å². The molecule has 4 heterocycles. The van der Waals surface area contributed by atoms with E-state index in [2.05, 4.69) is 162 Å². The van der Waals surface area contributed by atoms with Crippen molar-refractivity contribution in [3.8, 4) is 39.5 Å². The number of aryl methyl sites for hydroxylation is 4. The zero-order chi connectivity index (χ0) is 43.4. The fourth-order valence-electron chi connectivity index (χ4n) is 7.64. The monoisotopic (exact) mass is 1030 g/mol. The number of nitrogens with zero attached hydrogens (tertiary/aromatic N) is 4. The molecule has 0 unspecified atom stereocenters. The largest absolute Gasteiger partial charge is 0 e. The predicted molar refractivity (Wildman–Crippen MR) is 249 cm³/mol. The number of imidazole rings is 1. The van der Waals surface area contributed by atoms with Gasteiger partial charge in [-0.1, -0.05) is 62.1 Å². The SMILES string of the molecule is Cc1cc(-c2ccccc2)cc(C)c1-n1c(-c2[c-]ccc([Si](C)(C)C)c2)nc2ccccc21.[2H]C([2H])([2H])c1cc(-c2[c-]cc3oc4nc(C)ccc4c3c2)nc[c]1[Ge]([CH3])([CH3])[CH3].[Ir]. The van der Waals surface area contributed by atoms with E-state index in [4.69, 9.17) is 13.5 Å². The quantitative estimate of drug-likeness (QED) is 0.123. The molecule has 0 spiro atoms. The standard InChI is InChI=1S/C30H29N2Si.C21H21GeN2O.Ir/c1-21-18-25(23-12-7-6-8-13-23)19-22(2)29(21)32-28-17-10-9-16-27(28)31-30(32)24-14-11-15-26(20-24)33(3,4)5;1-13-10-19(23-12-18(13)22(3,4)5)15-7-9-20-17(11-15)16-8-6-14(2)24-21(16)25-20;/h6-13,15-20H,1-5H3;6,8-12H,1-5H3;/q2*-1;/i;1D3;. The first kappa shape index (κ1) is 38.3. The number of hydrogen-bond donors (Lipinski definition) is 0. The van der Waals surface area contributed by atoms with E-state index < -0.39 is 28.2 Å². The van der Waals surface area contributed by atoms with Crippen LogP contribution in [0.1, 0.15) is 26.5 Å². The van der Waals surface area contributed by atoms with Gasteiger partial charge in [0.1, 0.15) is 0 Å². The number of pyridine rings is 2. The van der Waals surface area contributed by atoms with Crippen molar-refractivity contribution in [3.63, 3.8) is 0 Å². The molecule has 0 aliphatic carbocycles. The van der Waals surface area contributed by atoms with E-state index in [1.165, 1.54) is 33.1 Å². The average Bonchev–Trinajstić information content (AvgIpc) is 3.78. The first-order chi connectivity index (χ1) is 28.9. The number of benzene rings is 5. The van der Waals surface area contributed by atoms with Gasteiger partial charge in [0.05, 0.1) is 24.9 Å². The van der Waals surface area contributed by atoms with Gasteiger partial charge in [-0.15, -0.1) is 35.0 Å². The first-order valence-electron chi connectivity index (χ1n) is 21.3. The molecule has 4 aromatic heterocycles. The van der Waals surface area contributed by atoms with Gasteiger partial charge in [-0.25, -0.2) is 0 Å². The topological polar surface area (TPSA) is 56.7 Å². The molecule has 0 amide bonds. The number of aromatic nitrogens is 4. The molecule has 0 atom stereocenters. The first-order valence-corrected chi connectivity index (χ1v) is 30.6. The number of furan rings is 1. The van der Waals surface area contributed by atoms with Gasteiger partial charge in [-0.2, -0.15) is 0 Å². The van der Waals surface area contributed by atoms with Crippen molar-refractivity contribution in [2.24, 2.45) is 0 Å². The molecule has 1 radical (unpaired) electrons. The van der Waals surface area contributed by atoms with Crippen molar-refractivity contribution in [2.45, 2.75) is 64.5 Å². The van der Waals surface area contributed by atoms with Crippen LogP contribution in [0.15, 0.2) is 126 Å². The average molecular weight is 1030 g/mol. The maximum absolute atomic E-state index is 7.99. The van der Waals surface area contributed by atoms with E-state index in [0.717, 1.165) is 48.8 Å². The van der Waals surface area contributed by atoms with Gasteiger partial charge in [0.2, 0.25) is 0 Å². The van der Waals surface area contributed by atoms with Gasteiger partial charge in [-0.3, -0.25) is 4.98 Å².